The molecule has 0 bridgehead atoms. The van der Waals surface area contributed by atoms with Crippen molar-refractivity contribution in [1.82, 2.24) is 5.32 Å². The van der Waals surface area contributed by atoms with Crippen molar-refractivity contribution in [2.75, 3.05) is 17.7 Å². The van der Waals surface area contributed by atoms with Crippen molar-refractivity contribution in [3.8, 4) is 11.5 Å². The molecule has 37 heavy (non-hydrogen) atoms. The average Bonchev–Trinajstić information content (AvgIpc) is 3.31. The van der Waals surface area contributed by atoms with Gasteiger partial charge in [0.25, 0.3) is 11.8 Å². The number of para-hydroxylation sites is 1. The smallest absolute Gasteiger partial charge is 0.291 e. The number of methoxy groups -OCH3 is 1. The van der Waals surface area contributed by atoms with Crippen LogP contribution in [-0.4, -0.2) is 30.1 Å². The molecule has 0 aliphatic heterocycles. The Morgan fingerprint density at radius 3 is 2.49 bits per heavy atom. The van der Waals surface area contributed by atoms with Gasteiger partial charge in [-0.05, 0) is 61.6 Å². The standard InChI is InChI=1S/C26H21Cl2N3O5S/c1-14(35-21-10-7-16(27)12-18(21)28)24(32)31-26(37)29-17-8-9-19(22(13-17)34-2)30-25(33)23-11-15-5-3-4-6-20(15)36-23/h3-14H,1-2H3,(H,30,33)(H2,29,31,32,37). The topological polar surface area (TPSA) is 102 Å². The van der Waals surface area contributed by atoms with Crippen LogP contribution in [0.5, 0.6) is 11.5 Å². The molecule has 11 heteroatoms. The van der Waals surface area contributed by atoms with Gasteiger partial charge < -0.3 is 24.5 Å². The van der Waals surface area contributed by atoms with Gasteiger partial charge in [-0.2, -0.15) is 0 Å². The summed E-state index contributed by atoms with van der Waals surface area (Å²) in [6.07, 6.45) is -0.885. The Labute approximate surface area is 227 Å². The fraction of sp³-hybridized carbons (Fsp3) is 0.115. The third-order valence-electron chi connectivity index (χ3n) is 5.16. The number of hydrogen-bond donors (Lipinski definition) is 3. The number of fused-ring (bicyclic) bond motifs is 1. The number of hydrogen-bond acceptors (Lipinski definition) is 6. The zero-order valence-corrected chi connectivity index (χ0v) is 22.0. The quantitative estimate of drug-likeness (QED) is 0.230. The fourth-order valence-electron chi connectivity index (χ4n) is 3.34. The molecule has 1 heterocycles. The zero-order chi connectivity index (χ0) is 26.5. The van der Waals surface area contributed by atoms with E-state index in [4.69, 9.17) is 49.3 Å². The lowest BCUT2D eigenvalue weighted by Crippen LogP contribution is -2.42. The predicted octanol–water partition coefficient (Wildman–Crippen LogP) is 6.28. The monoisotopic (exact) mass is 557 g/mol. The van der Waals surface area contributed by atoms with Gasteiger partial charge in [-0.1, -0.05) is 41.4 Å². The lowest BCUT2D eigenvalue weighted by atomic mass is 10.2. The molecule has 4 aromatic rings. The van der Waals surface area contributed by atoms with Crippen LogP contribution in [0.4, 0.5) is 11.4 Å². The van der Waals surface area contributed by atoms with Crippen LogP contribution in [-0.2, 0) is 4.79 Å². The Morgan fingerprint density at radius 1 is 0.973 bits per heavy atom. The molecule has 8 nitrogen and oxygen atoms in total. The summed E-state index contributed by atoms with van der Waals surface area (Å²) < 4.78 is 16.6. The number of amides is 2. The summed E-state index contributed by atoms with van der Waals surface area (Å²) in [7, 11) is 1.47. The van der Waals surface area contributed by atoms with E-state index in [1.54, 1.807) is 49.4 Å². The van der Waals surface area contributed by atoms with E-state index < -0.39 is 17.9 Å². The molecule has 0 aliphatic rings. The molecule has 0 fully saturated rings. The first-order chi connectivity index (χ1) is 17.7. The van der Waals surface area contributed by atoms with Crippen molar-refractivity contribution in [2.24, 2.45) is 0 Å². The average molecular weight is 558 g/mol. The molecule has 190 valence electrons. The Balaban J connectivity index is 1.36. The molecule has 4 rings (SSSR count). The minimum Gasteiger partial charge on any atom is -0.494 e. The van der Waals surface area contributed by atoms with Crippen LogP contribution in [0.1, 0.15) is 17.5 Å². The highest BCUT2D eigenvalue weighted by Gasteiger charge is 2.19. The minimum absolute atomic E-state index is 0.0452. The van der Waals surface area contributed by atoms with Gasteiger partial charge in [0, 0.05) is 22.2 Å². The van der Waals surface area contributed by atoms with Crippen molar-refractivity contribution in [3.63, 3.8) is 0 Å². The van der Waals surface area contributed by atoms with E-state index in [0.717, 1.165) is 5.39 Å². The number of thiocarbonyl (C=S) groups is 1. The van der Waals surface area contributed by atoms with Crippen molar-refractivity contribution in [2.45, 2.75) is 13.0 Å². The lowest BCUT2D eigenvalue weighted by Gasteiger charge is -2.17. The molecule has 0 saturated carbocycles. The summed E-state index contributed by atoms with van der Waals surface area (Å²) >= 11 is 17.2. The molecule has 1 aromatic heterocycles. The number of ether oxygens (including phenoxy) is 2. The zero-order valence-electron chi connectivity index (χ0n) is 19.6. The normalized spacial score (nSPS) is 11.5. The van der Waals surface area contributed by atoms with Crippen molar-refractivity contribution in [3.05, 3.63) is 82.5 Å². The second-order valence-corrected chi connectivity index (χ2v) is 9.05. The van der Waals surface area contributed by atoms with Crippen molar-refractivity contribution in [1.29, 1.82) is 0 Å². The first kappa shape index (κ1) is 26.3. The van der Waals surface area contributed by atoms with Crippen LogP contribution in [0.2, 0.25) is 10.0 Å². The molecule has 3 aromatic carbocycles. The molecule has 0 aliphatic carbocycles. The van der Waals surface area contributed by atoms with E-state index in [1.165, 1.54) is 13.2 Å². The van der Waals surface area contributed by atoms with Crippen molar-refractivity contribution < 1.29 is 23.5 Å². The lowest BCUT2D eigenvalue weighted by molar-refractivity contribution is -0.125. The summed E-state index contributed by atoms with van der Waals surface area (Å²) in [5.74, 6) is -0.0428. The SMILES string of the molecule is COc1cc(NC(=S)NC(=O)C(C)Oc2ccc(Cl)cc2Cl)ccc1NC(=O)c1cc2ccccc2o1. The maximum atomic E-state index is 12.7. The third kappa shape index (κ3) is 6.51. The third-order valence-corrected chi connectivity index (χ3v) is 5.90. The number of furan rings is 1. The minimum atomic E-state index is -0.885. The molecular formula is C26H21Cl2N3O5S. The molecule has 0 spiro atoms. The number of carbonyl (C=O) groups excluding carboxylic acids is 2. The molecule has 1 unspecified atom stereocenters. The van der Waals surface area contributed by atoms with Gasteiger partial charge >= 0.3 is 0 Å². The molecule has 0 radical (unpaired) electrons. The predicted molar refractivity (Wildman–Crippen MR) is 148 cm³/mol. The highest BCUT2D eigenvalue weighted by Crippen LogP contribution is 2.30. The van der Waals surface area contributed by atoms with E-state index in [2.05, 4.69) is 16.0 Å². The molecule has 1 atom stereocenters. The number of rotatable bonds is 7. The number of anilines is 2. The Morgan fingerprint density at radius 2 is 1.76 bits per heavy atom. The largest absolute Gasteiger partial charge is 0.494 e. The van der Waals surface area contributed by atoms with Gasteiger partial charge in [-0.25, -0.2) is 0 Å². The summed E-state index contributed by atoms with van der Waals surface area (Å²) in [6.45, 7) is 1.56. The van der Waals surface area contributed by atoms with Crippen molar-refractivity contribution >= 4 is 74.7 Å². The summed E-state index contributed by atoms with van der Waals surface area (Å²) in [4.78, 5) is 25.2. The maximum Gasteiger partial charge on any atom is 0.291 e. The van der Waals surface area contributed by atoms with Gasteiger partial charge in [-0.15, -0.1) is 0 Å². The highest BCUT2D eigenvalue weighted by atomic mass is 35.5. The summed E-state index contributed by atoms with van der Waals surface area (Å²) in [5.41, 5.74) is 1.57. The number of carbonyl (C=O) groups is 2. The summed E-state index contributed by atoms with van der Waals surface area (Å²) in [6, 6.07) is 18.6. The number of halogens is 2. The first-order valence-electron chi connectivity index (χ1n) is 10.9. The van der Waals surface area contributed by atoms with Gasteiger partial charge in [-0.3, -0.25) is 14.9 Å². The van der Waals surface area contributed by atoms with E-state index in [0.29, 0.717) is 33.5 Å². The van der Waals surface area contributed by atoms with Gasteiger partial charge in [0.05, 0.1) is 17.8 Å². The van der Waals surface area contributed by atoms with Crippen LogP contribution in [0.15, 0.2) is 71.1 Å². The van der Waals surface area contributed by atoms with E-state index >= 15 is 0 Å². The number of nitrogens with one attached hydrogen (secondary N) is 3. The maximum absolute atomic E-state index is 12.7. The number of benzene rings is 3. The van der Waals surface area contributed by atoms with E-state index in [9.17, 15) is 9.59 Å². The van der Waals surface area contributed by atoms with Crippen LogP contribution in [0.25, 0.3) is 11.0 Å². The Bertz CT molecular complexity index is 1460. The molecule has 3 N–H and O–H groups in total. The second-order valence-electron chi connectivity index (χ2n) is 7.80. The van der Waals surface area contributed by atoms with Gasteiger partial charge in [0.2, 0.25) is 0 Å². The first-order valence-corrected chi connectivity index (χ1v) is 12.1. The van der Waals surface area contributed by atoms with Gasteiger partial charge in [0.15, 0.2) is 17.0 Å². The highest BCUT2D eigenvalue weighted by molar-refractivity contribution is 7.80. The fourth-order valence-corrected chi connectivity index (χ4v) is 4.01. The van der Waals surface area contributed by atoms with Gasteiger partial charge in [0.1, 0.15) is 17.1 Å². The molecule has 0 saturated heterocycles. The van der Waals surface area contributed by atoms with E-state index in [-0.39, 0.29) is 15.9 Å². The van der Waals surface area contributed by atoms with Crippen LogP contribution < -0.4 is 25.4 Å². The van der Waals surface area contributed by atoms with E-state index in [1.807, 2.05) is 18.2 Å². The summed E-state index contributed by atoms with van der Waals surface area (Å²) in [5, 5.41) is 9.85. The Kier molecular flexibility index (Phi) is 8.17. The molecular weight excluding hydrogens is 537 g/mol. The Hall–Kier alpha value is -3.79. The van der Waals surface area contributed by atoms with Crippen LogP contribution >= 0.6 is 35.4 Å². The van der Waals surface area contributed by atoms with Crippen LogP contribution in [0.3, 0.4) is 0 Å². The second kappa shape index (κ2) is 11.5. The van der Waals surface area contributed by atoms with Crippen LogP contribution in [0, 0.1) is 0 Å². The molecule has 2 amide bonds.